The third kappa shape index (κ3) is 5.64. The van der Waals surface area contributed by atoms with Crippen molar-refractivity contribution in [3.8, 4) is 22.9 Å². The van der Waals surface area contributed by atoms with E-state index in [1.165, 1.54) is 30.3 Å². The summed E-state index contributed by atoms with van der Waals surface area (Å²) in [6, 6.07) is 15.8. The van der Waals surface area contributed by atoms with E-state index in [1.54, 1.807) is 18.3 Å². The zero-order chi connectivity index (χ0) is 25.8. The van der Waals surface area contributed by atoms with Crippen molar-refractivity contribution in [3.63, 3.8) is 0 Å². The second-order valence-electron chi connectivity index (χ2n) is 9.12. The number of benzene rings is 3. The van der Waals surface area contributed by atoms with Gasteiger partial charge in [-0.25, -0.2) is 18.2 Å². The molecule has 192 valence electrons. The van der Waals surface area contributed by atoms with Crippen LogP contribution in [0.25, 0.3) is 11.4 Å². The molecule has 0 fully saturated rings. The highest BCUT2D eigenvalue weighted by molar-refractivity contribution is 5.56. The summed E-state index contributed by atoms with van der Waals surface area (Å²) in [5.74, 6) is 0.600. The van der Waals surface area contributed by atoms with Crippen molar-refractivity contribution in [1.82, 2.24) is 14.5 Å². The number of ether oxygens (including phenoxy) is 2. The maximum absolute atomic E-state index is 14.6. The van der Waals surface area contributed by atoms with Crippen LogP contribution < -0.4 is 9.47 Å². The quantitative estimate of drug-likeness (QED) is 0.240. The molecular weight excluding hydrogens is 479 g/mol. The molecule has 8 heteroatoms. The Hall–Kier alpha value is -3.78. The second-order valence-corrected chi connectivity index (χ2v) is 9.12. The smallest absolute Gasteiger partial charge is 0.231 e. The van der Waals surface area contributed by atoms with Crippen LogP contribution in [-0.4, -0.2) is 21.2 Å². The monoisotopic (exact) mass is 507 g/mol. The van der Waals surface area contributed by atoms with Gasteiger partial charge in [-0.3, -0.25) is 4.90 Å². The van der Waals surface area contributed by atoms with E-state index in [0.29, 0.717) is 24.6 Å². The number of imidazole rings is 1. The first-order chi connectivity index (χ1) is 18.0. The lowest BCUT2D eigenvalue weighted by Crippen LogP contribution is -2.25. The molecule has 0 unspecified atom stereocenters. The highest BCUT2D eigenvalue weighted by Crippen LogP contribution is 2.33. The Balaban J connectivity index is 1.48. The second kappa shape index (κ2) is 11.1. The molecule has 0 radical (unpaired) electrons. The molecule has 0 amide bonds. The minimum atomic E-state index is -0.581. The molecule has 5 nitrogen and oxygen atoms in total. The molecule has 1 aliphatic heterocycles. The highest BCUT2D eigenvalue weighted by atomic mass is 19.1. The lowest BCUT2D eigenvalue weighted by molar-refractivity contribution is 0.174. The Kier molecular flexibility index (Phi) is 7.46. The summed E-state index contributed by atoms with van der Waals surface area (Å²) < 4.78 is 55.8. The highest BCUT2D eigenvalue weighted by Gasteiger charge is 2.20. The summed E-state index contributed by atoms with van der Waals surface area (Å²) in [6.45, 7) is 3.91. The third-order valence-electron chi connectivity index (χ3n) is 6.45. The summed E-state index contributed by atoms with van der Waals surface area (Å²) >= 11 is 0. The van der Waals surface area contributed by atoms with E-state index < -0.39 is 11.6 Å². The van der Waals surface area contributed by atoms with Gasteiger partial charge in [-0.05, 0) is 60.5 Å². The van der Waals surface area contributed by atoms with Crippen LogP contribution in [0.4, 0.5) is 13.2 Å². The van der Waals surface area contributed by atoms with Gasteiger partial charge in [-0.15, -0.1) is 0 Å². The summed E-state index contributed by atoms with van der Waals surface area (Å²) in [5, 5.41) is 0. The molecule has 0 spiro atoms. The van der Waals surface area contributed by atoms with Gasteiger partial charge in [0.1, 0.15) is 23.3 Å². The molecule has 0 N–H and O–H groups in total. The number of unbranched alkanes of at least 4 members (excludes halogenated alkanes) is 1. The van der Waals surface area contributed by atoms with Crippen molar-refractivity contribution in [3.05, 3.63) is 101 Å². The Morgan fingerprint density at radius 2 is 1.65 bits per heavy atom. The molecule has 0 saturated heterocycles. The molecule has 0 atom stereocenters. The lowest BCUT2D eigenvalue weighted by Gasteiger charge is -2.24. The molecule has 1 aromatic heterocycles. The van der Waals surface area contributed by atoms with E-state index >= 15 is 0 Å². The van der Waals surface area contributed by atoms with Crippen LogP contribution in [0.15, 0.2) is 66.9 Å². The normalized spacial score (nSPS) is 12.5. The van der Waals surface area contributed by atoms with Gasteiger partial charge in [0.2, 0.25) is 6.79 Å². The maximum atomic E-state index is 14.6. The van der Waals surface area contributed by atoms with Crippen LogP contribution in [-0.2, 0) is 26.2 Å². The van der Waals surface area contributed by atoms with Crippen LogP contribution in [0, 0.1) is 17.5 Å². The van der Waals surface area contributed by atoms with Crippen LogP contribution in [0.1, 0.15) is 36.6 Å². The van der Waals surface area contributed by atoms with Crippen molar-refractivity contribution >= 4 is 0 Å². The van der Waals surface area contributed by atoms with Gasteiger partial charge >= 0.3 is 0 Å². The van der Waals surface area contributed by atoms with Crippen LogP contribution in [0.2, 0.25) is 0 Å². The third-order valence-corrected chi connectivity index (χ3v) is 6.45. The lowest BCUT2D eigenvalue weighted by atomic mass is 10.1. The van der Waals surface area contributed by atoms with Gasteiger partial charge in [0.25, 0.3) is 0 Å². The van der Waals surface area contributed by atoms with Crippen LogP contribution in [0.5, 0.6) is 11.5 Å². The fourth-order valence-corrected chi connectivity index (χ4v) is 4.53. The molecule has 5 rings (SSSR count). The Bertz CT molecular complexity index is 1350. The predicted octanol–water partition coefficient (Wildman–Crippen LogP) is 6.70. The van der Waals surface area contributed by atoms with Gasteiger partial charge in [0.15, 0.2) is 11.5 Å². The minimum Gasteiger partial charge on any atom is -0.454 e. The molecule has 0 bridgehead atoms. The Morgan fingerprint density at radius 3 is 2.41 bits per heavy atom. The molecule has 4 aromatic rings. The first kappa shape index (κ1) is 24.9. The molecule has 3 aromatic carbocycles. The van der Waals surface area contributed by atoms with Crippen LogP contribution in [0.3, 0.4) is 0 Å². The van der Waals surface area contributed by atoms with E-state index in [0.717, 1.165) is 42.0 Å². The molecule has 0 aliphatic carbocycles. The van der Waals surface area contributed by atoms with Crippen molar-refractivity contribution in [2.24, 2.45) is 0 Å². The summed E-state index contributed by atoms with van der Waals surface area (Å²) in [5.41, 5.74) is 2.66. The summed E-state index contributed by atoms with van der Waals surface area (Å²) in [7, 11) is 0. The first-order valence-corrected chi connectivity index (χ1v) is 12.4. The molecular formula is C29H28F3N3O2. The van der Waals surface area contributed by atoms with Crippen molar-refractivity contribution in [2.45, 2.75) is 45.9 Å². The average Bonchev–Trinajstić information content (AvgIpc) is 3.52. The number of aromatic nitrogens is 2. The van der Waals surface area contributed by atoms with E-state index in [2.05, 4.69) is 16.5 Å². The van der Waals surface area contributed by atoms with Crippen LogP contribution >= 0.6 is 0 Å². The number of fused-ring (bicyclic) bond motifs is 1. The SMILES string of the molecule is CCCCn1c(CN(Cc2ccc3c(c2)OCO3)Cc2c(F)cccc2F)cnc1-c1ccc(F)cc1. The molecule has 37 heavy (non-hydrogen) atoms. The van der Waals surface area contributed by atoms with E-state index in [-0.39, 0.29) is 24.7 Å². The van der Waals surface area contributed by atoms with Gasteiger partial charge in [-0.2, -0.15) is 0 Å². The standard InChI is InChI=1S/C29H28F3N3O2/c1-2-3-13-35-23(15-33-29(35)21-8-10-22(30)11-9-21)17-34(18-24-25(31)5-4-6-26(24)32)16-20-7-12-27-28(14-20)37-19-36-27/h4-12,14-15H,2-3,13,16-19H2,1H3. The van der Waals surface area contributed by atoms with E-state index in [1.807, 2.05) is 23.1 Å². The maximum Gasteiger partial charge on any atom is 0.231 e. The molecule has 1 aliphatic rings. The number of hydrogen-bond acceptors (Lipinski definition) is 4. The molecule has 2 heterocycles. The molecule has 0 saturated carbocycles. The van der Waals surface area contributed by atoms with Gasteiger partial charge in [0.05, 0.1) is 11.9 Å². The summed E-state index contributed by atoms with van der Waals surface area (Å²) in [4.78, 5) is 6.63. The fourth-order valence-electron chi connectivity index (χ4n) is 4.53. The largest absolute Gasteiger partial charge is 0.454 e. The zero-order valence-corrected chi connectivity index (χ0v) is 20.6. The first-order valence-electron chi connectivity index (χ1n) is 12.4. The van der Waals surface area contributed by atoms with Crippen molar-refractivity contribution in [1.29, 1.82) is 0 Å². The van der Waals surface area contributed by atoms with Crippen molar-refractivity contribution < 1.29 is 22.6 Å². The Labute approximate surface area is 214 Å². The number of halogens is 3. The van der Waals surface area contributed by atoms with Crippen molar-refractivity contribution in [2.75, 3.05) is 6.79 Å². The predicted molar refractivity (Wildman–Crippen MR) is 134 cm³/mol. The average molecular weight is 508 g/mol. The summed E-state index contributed by atoms with van der Waals surface area (Å²) in [6.07, 6.45) is 3.71. The van der Waals surface area contributed by atoms with Gasteiger partial charge < -0.3 is 14.0 Å². The van der Waals surface area contributed by atoms with Gasteiger partial charge in [-0.1, -0.05) is 25.5 Å². The number of hydrogen-bond donors (Lipinski definition) is 0. The van der Waals surface area contributed by atoms with Gasteiger partial charge in [0, 0.05) is 37.3 Å². The van der Waals surface area contributed by atoms with E-state index in [4.69, 9.17) is 9.47 Å². The zero-order valence-electron chi connectivity index (χ0n) is 20.6. The minimum absolute atomic E-state index is 0.0154. The fraction of sp³-hybridized carbons (Fsp3) is 0.276. The van der Waals surface area contributed by atoms with E-state index in [9.17, 15) is 13.2 Å². The Morgan fingerprint density at radius 1 is 0.892 bits per heavy atom. The topological polar surface area (TPSA) is 39.5 Å². The number of rotatable bonds is 10. The number of nitrogens with zero attached hydrogens (tertiary/aromatic N) is 3.